The number of Topliss-reactive ketones (excluding diaryl/α,β-unsaturated/α-hetero) is 1. The van der Waals surface area contributed by atoms with Gasteiger partial charge in [-0.2, -0.15) is 0 Å². The van der Waals surface area contributed by atoms with Crippen molar-refractivity contribution in [3.8, 4) is 0 Å². The monoisotopic (exact) mass is 358 g/mol. The highest BCUT2D eigenvalue weighted by atomic mass is 16.3. The highest BCUT2D eigenvalue weighted by molar-refractivity contribution is 5.88. The van der Waals surface area contributed by atoms with Crippen LogP contribution in [0.25, 0.3) is 5.53 Å². The van der Waals surface area contributed by atoms with Crippen molar-refractivity contribution in [3.63, 3.8) is 0 Å². The summed E-state index contributed by atoms with van der Waals surface area (Å²) in [5, 5.41) is 9.76. The molecule has 0 aromatic rings. The first-order valence-electron chi connectivity index (χ1n) is 10.9. The van der Waals surface area contributed by atoms with Gasteiger partial charge in [0.1, 0.15) is 0 Å². The summed E-state index contributed by atoms with van der Waals surface area (Å²) in [4.78, 5) is 12.4. The molecule has 0 amide bonds. The maximum atomic E-state index is 12.4. The Labute approximate surface area is 157 Å². The predicted molar refractivity (Wildman–Crippen MR) is 98.5 cm³/mol. The van der Waals surface area contributed by atoms with E-state index in [1.54, 1.807) is 0 Å². The van der Waals surface area contributed by atoms with Crippen LogP contribution < -0.4 is 0 Å². The van der Waals surface area contributed by atoms with Gasteiger partial charge >= 0.3 is 0 Å². The molecular formula is C22H34N2O2. The average molecular weight is 359 g/mol. The molecule has 4 aliphatic carbocycles. The minimum absolute atomic E-state index is 0.0885. The average Bonchev–Trinajstić information content (AvgIpc) is 3.07. The molecule has 9 atom stereocenters. The molecule has 5 rings (SSSR count). The maximum Gasteiger partial charge on any atom is 0.264 e. The van der Waals surface area contributed by atoms with Gasteiger partial charge in [-0.15, -0.1) is 0 Å². The van der Waals surface area contributed by atoms with Gasteiger partial charge in [0.25, 0.3) is 6.04 Å². The van der Waals surface area contributed by atoms with Crippen LogP contribution in [0.2, 0.25) is 0 Å². The topological polar surface area (TPSA) is 62.6 Å². The zero-order valence-corrected chi connectivity index (χ0v) is 16.6. The van der Waals surface area contributed by atoms with Crippen molar-refractivity contribution in [3.05, 3.63) is 5.53 Å². The minimum Gasteiger partial charge on any atom is -0.505 e. The van der Waals surface area contributed by atoms with Gasteiger partial charge in [0.15, 0.2) is 0 Å². The lowest BCUT2D eigenvalue weighted by atomic mass is 9.44. The van der Waals surface area contributed by atoms with Crippen LogP contribution in [0.5, 0.6) is 0 Å². The van der Waals surface area contributed by atoms with Crippen LogP contribution >= 0.6 is 0 Å². The third-order valence-electron chi connectivity index (χ3n) is 10.4. The molecule has 0 radical (unpaired) electrons. The first-order valence-corrected chi connectivity index (χ1v) is 10.9. The van der Waals surface area contributed by atoms with Crippen LogP contribution in [0.15, 0.2) is 0 Å². The molecule has 1 aliphatic heterocycles. The fraction of sp³-hybridized carbons (Fsp3) is 0.955. The zero-order valence-electron chi connectivity index (χ0n) is 16.6. The molecule has 2 unspecified atom stereocenters. The van der Waals surface area contributed by atoms with E-state index in [1.807, 2.05) is 0 Å². The van der Waals surface area contributed by atoms with Crippen LogP contribution in [-0.2, 0) is 4.79 Å². The molecule has 4 saturated carbocycles. The largest absolute Gasteiger partial charge is 0.505 e. The molecule has 5 fully saturated rings. The summed E-state index contributed by atoms with van der Waals surface area (Å²) < 4.78 is 1.46. The van der Waals surface area contributed by atoms with E-state index in [1.165, 1.54) is 36.8 Å². The highest BCUT2D eigenvalue weighted by Crippen LogP contribution is 2.72. The molecule has 0 aromatic heterocycles. The second-order valence-electron chi connectivity index (χ2n) is 10.9. The standard InChI is InChI=1S/C22H34N2O2/c1-13(12-25)15-4-5-16-14-6-11-22-19(24(22)23)18(26)8-10-21(22,3)17(14)7-9-20(15,16)2/h13-17,19,25H,4-12H2,1-3H3/t13-,14-,15+,16-,17-,19?,20+,21+,22?/m0/s1. The normalized spacial score (nSPS) is 56.2. The second-order valence-corrected chi connectivity index (χ2v) is 10.9. The van der Waals surface area contributed by atoms with Crippen molar-refractivity contribution >= 4 is 5.78 Å². The van der Waals surface area contributed by atoms with Crippen LogP contribution in [0.1, 0.15) is 72.1 Å². The highest BCUT2D eigenvalue weighted by Gasteiger charge is 2.83. The molecular weight excluding hydrogens is 324 g/mol. The second kappa shape index (κ2) is 5.18. The number of ketones is 1. The Bertz CT molecular complexity index is 677. The number of carbonyl (C=O) groups is 1. The molecule has 144 valence electrons. The summed E-state index contributed by atoms with van der Waals surface area (Å²) >= 11 is 0. The summed E-state index contributed by atoms with van der Waals surface area (Å²) in [5.41, 5.74) is 10.8. The van der Waals surface area contributed by atoms with Crippen molar-refractivity contribution in [2.24, 2.45) is 40.4 Å². The molecule has 1 saturated heterocycles. The Morgan fingerprint density at radius 1 is 1.15 bits per heavy atom. The van der Waals surface area contributed by atoms with Crippen LogP contribution in [0.3, 0.4) is 0 Å². The van der Waals surface area contributed by atoms with Crippen molar-refractivity contribution in [2.75, 3.05) is 6.61 Å². The maximum absolute atomic E-state index is 12.4. The number of fused-ring (bicyclic) bond motifs is 4. The Morgan fingerprint density at radius 3 is 2.65 bits per heavy atom. The molecule has 0 bridgehead atoms. The molecule has 5 aliphatic rings. The van der Waals surface area contributed by atoms with Gasteiger partial charge in [0.05, 0.1) is 0 Å². The summed E-state index contributed by atoms with van der Waals surface area (Å²) in [7, 11) is 0. The van der Waals surface area contributed by atoms with E-state index < -0.39 is 0 Å². The van der Waals surface area contributed by atoms with Crippen molar-refractivity contribution in [2.45, 2.75) is 83.7 Å². The number of nitrogens with zero attached hydrogens (tertiary/aromatic N) is 2. The van der Waals surface area contributed by atoms with Crippen molar-refractivity contribution in [1.29, 1.82) is 0 Å². The molecule has 1 spiro atoms. The lowest BCUT2D eigenvalue weighted by molar-refractivity contribution is -0.450. The summed E-state index contributed by atoms with van der Waals surface area (Å²) in [5.74, 6) is 3.46. The third-order valence-corrected chi connectivity index (χ3v) is 10.4. The summed E-state index contributed by atoms with van der Waals surface area (Å²) in [6.45, 7) is 7.44. The van der Waals surface area contributed by atoms with E-state index in [4.69, 9.17) is 0 Å². The Balaban J connectivity index is 1.48. The SMILES string of the molecule is C[C@@H](CO)[C@H]1CC[C@H]2[C@@H]3CCC45C(C(=O)CC[C@]4(C)[C@H]3CC[C@]12C)[N+]5=[N-]. The number of hydrogen-bond acceptors (Lipinski definition) is 2. The summed E-state index contributed by atoms with van der Waals surface area (Å²) in [6, 6.07) is -0.207. The third kappa shape index (κ3) is 1.74. The first-order chi connectivity index (χ1) is 12.3. The molecule has 4 nitrogen and oxygen atoms in total. The summed E-state index contributed by atoms with van der Waals surface area (Å²) in [6.07, 6.45) is 8.83. The van der Waals surface area contributed by atoms with E-state index in [2.05, 4.69) is 20.8 Å². The van der Waals surface area contributed by atoms with E-state index in [0.717, 1.165) is 24.7 Å². The van der Waals surface area contributed by atoms with Gasteiger partial charge in [-0.3, -0.25) is 9.49 Å². The van der Waals surface area contributed by atoms with Gasteiger partial charge in [0, 0.05) is 24.9 Å². The van der Waals surface area contributed by atoms with Gasteiger partial charge in [0.2, 0.25) is 11.3 Å². The fourth-order valence-corrected chi connectivity index (χ4v) is 9.04. The molecule has 26 heavy (non-hydrogen) atoms. The fourth-order valence-electron chi connectivity index (χ4n) is 9.04. The molecule has 4 heteroatoms. The quantitative estimate of drug-likeness (QED) is 0.599. The van der Waals surface area contributed by atoms with E-state index >= 15 is 0 Å². The number of carbonyl (C=O) groups excluding carboxylic acids is 1. The van der Waals surface area contributed by atoms with Crippen molar-refractivity contribution in [1.82, 2.24) is 0 Å². The van der Waals surface area contributed by atoms with Gasteiger partial charge < -0.3 is 10.6 Å². The molecule has 1 heterocycles. The predicted octanol–water partition coefficient (Wildman–Crippen LogP) is 3.99. The number of hydrogen-bond donors (Lipinski definition) is 1. The van der Waals surface area contributed by atoms with Crippen LogP contribution in [0.4, 0.5) is 0 Å². The van der Waals surface area contributed by atoms with Crippen molar-refractivity contribution < 1.29 is 14.6 Å². The zero-order chi connectivity index (χ0) is 18.5. The Morgan fingerprint density at radius 2 is 1.92 bits per heavy atom. The van der Waals surface area contributed by atoms with E-state index in [9.17, 15) is 15.4 Å². The van der Waals surface area contributed by atoms with Gasteiger partial charge in [-0.1, -0.05) is 20.8 Å². The Hall–Kier alpha value is -0.770. The number of rotatable bonds is 2. The molecule has 1 N–H and O–H groups in total. The van der Waals surface area contributed by atoms with Crippen LogP contribution in [0, 0.1) is 40.4 Å². The molecule has 0 aromatic carbocycles. The van der Waals surface area contributed by atoms with Gasteiger partial charge in [-0.25, -0.2) is 0 Å². The first kappa shape index (κ1) is 17.3. The number of aliphatic hydroxyl groups excluding tert-OH is 1. The van der Waals surface area contributed by atoms with Gasteiger partial charge in [-0.05, 0) is 73.5 Å². The smallest absolute Gasteiger partial charge is 0.264 e. The number of aliphatic hydroxyl groups is 1. The van der Waals surface area contributed by atoms with Crippen LogP contribution in [-0.4, -0.2) is 33.8 Å². The Kier molecular flexibility index (Phi) is 3.46. The lowest BCUT2D eigenvalue weighted by Crippen LogP contribution is -2.58. The minimum atomic E-state index is -0.242. The van der Waals surface area contributed by atoms with E-state index in [0.29, 0.717) is 36.2 Å². The lowest BCUT2D eigenvalue weighted by Gasteiger charge is -2.58. The van der Waals surface area contributed by atoms with E-state index in [-0.39, 0.29) is 22.8 Å².